The van der Waals surface area contributed by atoms with Crippen molar-refractivity contribution in [3.8, 4) is 0 Å². The second-order valence-electron chi connectivity index (χ2n) is 33.8. The van der Waals surface area contributed by atoms with E-state index in [1.165, 1.54) is 28.3 Å². The van der Waals surface area contributed by atoms with Gasteiger partial charge in [-0.05, 0) is 185 Å². The highest BCUT2D eigenvalue weighted by molar-refractivity contribution is 6.39. The minimum absolute atomic E-state index is 0.00596. The Morgan fingerprint density at radius 3 is 2.13 bits per heavy atom. The molecule has 0 unspecified atom stereocenters. The van der Waals surface area contributed by atoms with Crippen LogP contribution >= 0.6 is 0 Å². The maximum atomic E-state index is 14.9. The number of rotatable bonds is 21. The monoisotopic (exact) mass is 1570 g/mol. The molecule has 26 nitrogen and oxygen atoms in total. The number of ketones is 4. The SMILES string of the molecule is COC[C@H]1OC(=O)/C(=C/N(C)CCCN(C)C)C2=C(O)C(=O)C3=C([C@H](OC(C)=O)C[C@]4(C)[C@@H](OC(=O)CCCCC(=O)O[C@@H]5CC[C@@H](C[C@@H](C)[C@@H]6CC(=O)[C@H](C)/C=C(\C)[C@@H](O)[C@@H](OC)C(=O)[C@H](C)C[C@H](C)/C=C/C=C/C=C(\C)[C@@H](OC)C[C@@H]7CC[C@@H](C)[C@@](O)(O7)C(=O)C(=O)N7CCCC[C@H]7C(=O)O6)C[C@H]5OC)CC[C@@H]34)[C@]21C. The first-order valence-electron chi connectivity index (χ1n) is 40.5. The highest BCUT2D eigenvalue weighted by Crippen LogP contribution is 2.64. The molecule has 2 bridgehead atoms. The summed E-state index contributed by atoms with van der Waals surface area (Å²) < 4.78 is 60.4. The first kappa shape index (κ1) is 90.5. The Bertz CT molecular complexity index is 3640. The quantitative estimate of drug-likeness (QED) is 0.0240. The molecular formula is C86H127N3O23. The van der Waals surface area contributed by atoms with E-state index in [0.717, 1.165) is 23.4 Å². The fourth-order valence-electron chi connectivity index (χ4n) is 18.6. The lowest BCUT2D eigenvalue weighted by Crippen LogP contribution is -2.61. The molecule has 21 atom stereocenters. The zero-order valence-corrected chi connectivity index (χ0v) is 69.3. The van der Waals surface area contributed by atoms with E-state index >= 15 is 0 Å². The van der Waals surface area contributed by atoms with E-state index in [2.05, 4.69) is 0 Å². The first-order chi connectivity index (χ1) is 53.0. The summed E-state index contributed by atoms with van der Waals surface area (Å²) in [6.45, 7) is 18.7. The summed E-state index contributed by atoms with van der Waals surface area (Å²) in [6, 6.07) is -1.24. The Labute approximate surface area is 661 Å². The zero-order valence-electron chi connectivity index (χ0n) is 69.3. The molecule has 624 valence electrons. The number of cyclic esters (lactones) is 2. The summed E-state index contributed by atoms with van der Waals surface area (Å²) in [4.78, 5) is 147. The van der Waals surface area contributed by atoms with Crippen molar-refractivity contribution in [3.63, 3.8) is 0 Å². The Balaban J connectivity index is 0.922. The predicted molar refractivity (Wildman–Crippen MR) is 414 cm³/mol. The van der Waals surface area contributed by atoms with Crippen LogP contribution in [0.3, 0.4) is 0 Å². The molecule has 4 aliphatic heterocycles. The average molecular weight is 1570 g/mol. The molecule has 1 amide bonds. The van der Waals surface area contributed by atoms with Gasteiger partial charge < -0.3 is 77.4 Å². The van der Waals surface area contributed by atoms with E-state index in [4.69, 9.17) is 47.4 Å². The van der Waals surface area contributed by atoms with Crippen molar-refractivity contribution in [3.05, 3.63) is 81.9 Å². The number of carbonyl (C=O) groups is 10. The number of ether oxygens (including phenoxy) is 10. The van der Waals surface area contributed by atoms with Crippen molar-refractivity contribution in [2.75, 3.05) is 75.8 Å². The molecule has 8 rings (SSSR count). The van der Waals surface area contributed by atoms with Crippen LogP contribution in [0.4, 0.5) is 0 Å². The van der Waals surface area contributed by atoms with E-state index in [0.29, 0.717) is 88.3 Å². The molecule has 3 N–H and O–H groups in total. The van der Waals surface area contributed by atoms with Crippen molar-refractivity contribution in [1.29, 1.82) is 0 Å². The number of nitrogens with zero attached hydrogens (tertiary/aromatic N) is 3. The minimum atomic E-state index is -2.51. The van der Waals surface area contributed by atoms with Crippen molar-refractivity contribution in [2.24, 2.45) is 52.3 Å². The lowest BCUT2D eigenvalue weighted by atomic mass is 9.53. The van der Waals surface area contributed by atoms with Crippen LogP contribution in [-0.4, -0.2) is 238 Å². The van der Waals surface area contributed by atoms with E-state index in [1.54, 1.807) is 61.1 Å². The minimum Gasteiger partial charge on any atom is -0.504 e. The summed E-state index contributed by atoms with van der Waals surface area (Å²) in [5.41, 5.74) is -0.425. The molecule has 8 aliphatic rings. The number of allylic oxidation sites excluding steroid dienone is 7. The number of esters is 5. The number of unbranched alkanes of at least 4 members (excludes halogenated alkanes) is 1. The second kappa shape index (κ2) is 40.0. The largest absolute Gasteiger partial charge is 0.504 e. The van der Waals surface area contributed by atoms with Gasteiger partial charge in [0.25, 0.3) is 11.7 Å². The Morgan fingerprint density at radius 1 is 0.768 bits per heavy atom. The van der Waals surface area contributed by atoms with Crippen molar-refractivity contribution >= 4 is 58.9 Å². The lowest BCUT2D eigenvalue weighted by Gasteiger charge is -2.54. The topological polar surface area (TPSA) is 333 Å². The van der Waals surface area contributed by atoms with Crippen molar-refractivity contribution in [2.45, 2.75) is 271 Å². The number of hydrogen-bond acceptors (Lipinski definition) is 25. The van der Waals surface area contributed by atoms with E-state index in [9.17, 15) is 63.3 Å². The molecule has 0 radical (unpaired) electrons. The molecule has 112 heavy (non-hydrogen) atoms. The fraction of sp³-hybridized carbons (Fsp3) is 0.721. The molecule has 0 aromatic carbocycles. The van der Waals surface area contributed by atoms with Gasteiger partial charge in [-0.3, -0.25) is 38.4 Å². The third-order valence-corrected chi connectivity index (χ3v) is 25.1. The van der Waals surface area contributed by atoms with E-state index in [-0.39, 0.29) is 105 Å². The van der Waals surface area contributed by atoms with Gasteiger partial charge in [-0.25, -0.2) is 9.59 Å². The maximum absolute atomic E-state index is 14.9. The molecule has 26 heteroatoms. The zero-order chi connectivity index (χ0) is 82.4. The number of fused-ring (bicyclic) bond motifs is 7. The summed E-state index contributed by atoms with van der Waals surface area (Å²) in [5.74, 6) is -13.2. The molecule has 0 aromatic heterocycles. The van der Waals surface area contributed by atoms with Gasteiger partial charge in [0.05, 0.1) is 35.9 Å². The van der Waals surface area contributed by atoms with Crippen LogP contribution in [0, 0.1) is 52.3 Å². The molecule has 2 saturated carbocycles. The van der Waals surface area contributed by atoms with Gasteiger partial charge in [0, 0.05) is 122 Å². The number of carbonyl (C=O) groups excluding carboxylic acids is 10. The highest BCUT2D eigenvalue weighted by Gasteiger charge is 2.65. The standard InChI is InChI=1S/C86H127N3O23/c1-49-26-19-18-20-27-50(2)64(104-15)44-58-33-31-55(7)86(102,112-58)80(98)81(99)89-39-24-23-28-61(89)83(101)109-65(45-62(91)51(3)41-54(6)76(95)79(106-17)75(94)53(5)40-49)52(4)42-57-32-35-63(66(43-57)105-16)108-70(92)29-21-22-30-71(93)110-68-36-34-60-72-74(67(107-56(8)90)46-84(60,68)9)85(10)69(48-103-14)111-82(100)59(73(85)78(97)77(72)96)47-88(13)38-25-37-87(11)12/h18-20,26-27,41,47,49,51-53,55,57-58,60-61,63-69,76,79,95,97,102H,21-25,28-40,42-46,48H2,1-17H3/b20-18+,26-19+,50-27+,54-41+,59-47+/t49-,51-,52-,53-,55-,57+,58+,60+,61+,63-,64+,65+,66-,67-,68+,69-,76-,79+,84+,85+,86-/m1/s1. The molecular weight excluding hydrogens is 1440 g/mol. The lowest BCUT2D eigenvalue weighted by molar-refractivity contribution is -0.265. The third-order valence-electron chi connectivity index (χ3n) is 25.1. The van der Waals surface area contributed by atoms with Gasteiger partial charge >= 0.3 is 29.8 Å². The van der Waals surface area contributed by atoms with Crippen molar-refractivity contribution in [1.82, 2.24) is 14.7 Å². The summed E-state index contributed by atoms with van der Waals surface area (Å²) in [7, 11) is 11.6. The van der Waals surface area contributed by atoms with Crippen LogP contribution in [0.15, 0.2) is 81.9 Å². The molecule has 3 saturated heterocycles. The number of methoxy groups -OCH3 is 4. The molecule has 0 spiro atoms. The van der Waals surface area contributed by atoms with E-state index < -0.39 is 166 Å². The Kier molecular flexibility index (Phi) is 32.3. The third kappa shape index (κ3) is 21.2. The molecule has 4 aliphatic carbocycles. The van der Waals surface area contributed by atoms with Gasteiger partial charge in [0.1, 0.15) is 54.6 Å². The van der Waals surface area contributed by atoms with Gasteiger partial charge in [-0.15, -0.1) is 0 Å². The Morgan fingerprint density at radius 2 is 1.47 bits per heavy atom. The van der Waals surface area contributed by atoms with Crippen LogP contribution in [0.25, 0.3) is 0 Å². The van der Waals surface area contributed by atoms with Crippen LogP contribution in [0.1, 0.15) is 198 Å². The number of piperidine rings is 1. The van der Waals surface area contributed by atoms with Gasteiger partial charge in [0.2, 0.25) is 11.6 Å². The summed E-state index contributed by atoms with van der Waals surface area (Å²) in [5, 5.41) is 36.0. The average Bonchev–Trinajstić information content (AvgIpc) is 1.19. The number of hydrogen-bond donors (Lipinski definition) is 3. The molecule has 4 heterocycles. The number of Topliss-reactive ketones (excluding diaryl/α,β-unsaturated/α-hetero) is 4. The summed E-state index contributed by atoms with van der Waals surface area (Å²) >= 11 is 0. The summed E-state index contributed by atoms with van der Waals surface area (Å²) in [6.07, 6.45) is 10.2. The molecule has 0 aromatic rings. The predicted octanol–water partition coefficient (Wildman–Crippen LogP) is 9.99. The number of aliphatic hydroxyl groups is 3. The smallest absolute Gasteiger partial charge is 0.340 e. The van der Waals surface area contributed by atoms with Crippen LogP contribution in [-0.2, 0) is 95.3 Å². The van der Waals surface area contributed by atoms with Gasteiger partial charge in [-0.2, -0.15) is 0 Å². The van der Waals surface area contributed by atoms with Crippen molar-refractivity contribution < 1.29 is 111 Å². The second-order valence-corrected chi connectivity index (χ2v) is 33.8. The van der Waals surface area contributed by atoms with Crippen LogP contribution in [0.5, 0.6) is 0 Å². The first-order valence-corrected chi connectivity index (χ1v) is 40.5. The number of aliphatic hydroxyl groups excluding tert-OH is 2. The number of amides is 1. The van der Waals surface area contributed by atoms with E-state index in [1.807, 2.05) is 82.0 Å². The van der Waals surface area contributed by atoms with Crippen LogP contribution < -0.4 is 0 Å². The maximum Gasteiger partial charge on any atom is 0.340 e. The van der Waals surface area contributed by atoms with Gasteiger partial charge in [-0.1, -0.05) is 78.0 Å². The van der Waals surface area contributed by atoms with Crippen LogP contribution in [0.2, 0.25) is 0 Å². The normalized spacial score (nSPS) is 36.6. The highest BCUT2D eigenvalue weighted by atomic mass is 16.6. The Hall–Kier alpha value is -7.04. The van der Waals surface area contributed by atoms with Gasteiger partial charge in [0.15, 0.2) is 11.5 Å². The fourth-order valence-corrected chi connectivity index (χ4v) is 18.6. The molecule has 5 fully saturated rings.